The first kappa shape index (κ1) is 9.71. The molecule has 1 aromatic rings. The maximum absolute atomic E-state index is 4.23. The highest BCUT2D eigenvalue weighted by Crippen LogP contribution is 2.22. The average molecular weight is 193 g/mol. The van der Waals surface area contributed by atoms with Gasteiger partial charge in [-0.25, -0.2) is 0 Å². The van der Waals surface area contributed by atoms with Gasteiger partial charge in [0.05, 0.1) is 0 Å². The summed E-state index contributed by atoms with van der Waals surface area (Å²) < 4.78 is 2.01. The van der Waals surface area contributed by atoms with Crippen molar-refractivity contribution in [3.8, 4) is 0 Å². The second-order valence-corrected chi connectivity index (χ2v) is 5.02. The van der Waals surface area contributed by atoms with Crippen LogP contribution in [0.25, 0.3) is 0 Å². The minimum absolute atomic E-state index is 0.286. The Hall–Kier alpha value is -0.830. The predicted molar refractivity (Wildman–Crippen MR) is 57.0 cm³/mol. The topological polar surface area (TPSA) is 29.9 Å². The highest BCUT2D eigenvalue weighted by atomic mass is 15.3. The van der Waals surface area contributed by atoms with Crippen LogP contribution in [-0.4, -0.2) is 22.4 Å². The lowest BCUT2D eigenvalue weighted by Crippen LogP contribution is -2.34. The van der Waals surface area contributed by atoms with E-state index in [2.05, 4.69) is 24.3 Å². The Bertz CT molecular complexity index is 273. The molecule has 0 unspecified atom stereocenters. The Labute approximate surface area is 85.5 Å². The van der Waals surface area contributed by atoms with E-state index in [4.69, 9.17) is 0 Å². The summed E-state index contributed by atoms with van der Waals surface area (Å²) in [4.78, 5) is 0. The van der Waals surface area contributed by atoms with Crippen LogP contribution in [-0.2, 0) is 6.54 Å². The Balaban J connectivity index is 1.81. The Morgan fingerprint density at radius 3 is 2.86 bits per heavy atom. The summed E-state index contributed by atoms with van der Waals surface area (Å²) in [7, 11) is 0. The summed E-state index contributed by atoms with van der Waals surface area (Å²) in [6.07, 6.45) is 6.58. The van der Waals surface area contributed by atoms with Gasteiger partial charge in [-0.1, -0.05) is 13.8 Å². The Kier molecular flexibility index (Phi) is 2.59. The first-order chi connectivity index (χ1) is 6.66. The minimum atomic E-state index is 0.286. The molecule has 14 heavy (non-hydrogen) atoms. The van der Waals surface area contributed by atoms with Crippen molar-refractivity contribution in [2.24, 2.45) is 5.41 Å². The number of hydrogen-bond donors (Lipinski definition) is 1. The fraction of sp³-hybridized carbons (Fsp3) is 0.727. The standard InChI is InChI=1S/C11H19N3/c1-11(2,8-12-10-4-5-10)9-14-7-3-6-13-14/h3,6-7,10,12H,4-5,8-9H2,1-2H3. The van der Waals surface area contributed by atoms with Crippen LogP contribution in [0.4, 0.5) is 0 Å². The lowest BCUT2D eigenvalue weighted by atomic mass is 9.93. The van der Waals surface area contributed by atoms with Gasteiger partial charge in [0, 0.05) is 31.5 Å². The van der Waals surface area contributed by atoms with E-state index >= 15 is 0 Å². The van der Waals surface area contributed by atoms with E-state index in [0.717, 1.165) is 19.1 Å². The Morgan fingerprint density at radius 1 is 1.50 bits per heavy atom. The van der Waals surface area contributed by atoms with Crippen LogP contribution in [0.1, 0.15) is 26.7 Å². The molecule has 78 valence electrons. The summed E-state index contributed by atoms with van der Waals surface area (Å²) in [5, 5.41) is 7.80. The number of nitrogens with zero attached hydrogens (tertiary/aromatic N) is 2. The van der Waals surface area contributed by atoms with Crippen molar-refractivity contribution in [3.05, 3.63) is 18.5 Å². The van der Waals surface area contributed by atoms with Crippen molar-refractivity contribution < 1.29 is 0 Å². The average Bonchev–Trinajstić information content (AvgIpc) is 2.82. The molecule has 0 spiro atoms. The van der Waals surface area contributed by atoms with E-state index in [1.165, 1.54) is 12.8 Å². The molecule has 0 aliphatic heterocycles. The normalized spacial score (nSPS) is 17.3. The smallest absolute Gasteiger partial charge is 0.0489 e. The van der Waals surface area contributed by atoms with E-state index in [0.29, 0.717) is 0 Å². The zero-order valence-electron chi connectivity index (χ0n) is 9.03. The number of aromatic nitrogens is 2. The molecule has 1 heterocycles. The molecular formula is C11H19N3. The third kappa shape index (κ3) is 2.84. The molecule has 1 aliphatic carbocycles. The molecule has 1 aromatic heterocycles. The van der Waals surface area contributed by atoms with Gasteiger partial charge >= 0.3 is 0 Å². The summed E-state index contributed by atoms with van der Waals surface area (Å²) in [6.45, 7) is 6.63. The van der Waals surface area contributed by atoms with Crippen molar-refractivity contribution in [1.82, 2.24) is 15.1 Å². The summed E-state index contributed by atoms with van der Waals surface area (Å²) in [6, 6.07) is 2.77. The van der Waals surface area contributed by atoms with Crippen molar-refractivity contribution in [2.75, 3.05) is 6.54 Å². The van der Waals surface area contributed by atoms with E-state index in [9.17, 15) is 0 Å². The van der Waals surface area contributed by atoms with Gasteiger partial charge in [0.15, 0.2) is 0 Å². The molecule has 0 aromatic carbocycles. The first-order valence-electron chi connectivity index (χ1n) is 5.37. The van der Waals surface area contributed by atoms with Crippen LogP contribution >= 0.6 is 0 Å². The predicted octanol–water partition coefficient (Wildman–Crippen LogP) is 1.66. The van der Waals surface area contributed by atoms with Crippen LogP contribution < -0.4 is 5.32 Å². The molecule has 1 fully saturated rings. The van der Waals surface area contributed by atoms with E-state index in [-0.39, 0.29) is 5.41 Å². The number of nitrogens with one attached hydrogen (secondary N) is 1. The van der Waals surface area contributed by atoms with Crippen LogP contribution in [0.5, 0.6) is 0 Å². The number of rotatable bonds is 5. The molecular weight excluding hydrogens is 174 g/mol. The fourth-order valence-corrected chi connectivity index (χ4v) is 1.60. The molecule has 1 saturated carbocycles. The van der Waals surface area contributed by atoms with Crippen LogP contribution in [0.3, 0.4) is 0 Å². The van der Waals surface area contributed by atoms with Crippen molar-refractivity contribution in [2.45, 2.75) is 39.3 Å². The van der Waals surface area contributed by atoms with Crippen molar-refractivity contribution in [3.63, 3.8) is 0 Å². The maximum atomic E-state index is 4.23. The lowest BCUT2D eigenvalue weighted by molar-refractivity contribution is 0.275. The molecule has 0 amide bonds. The van der Waals surface area contributed by atoms with Gasteiger partial charge in [0.25, 0.3) is 0 Å². The van der Waals surface area contributed by atoms with Crippen molar-refractivity contribution in [1.29, 1.82) is 0 Å². The van der Waals surface area contributed by atoms with Crippen LogP contribution in [0.15, 0.2) is 18.5 Å². The quantitative estimate of drug-likeness (QED) is 0.770. The van der Waals surface area contributed by atoms with E-state index in [1.54, 1.807) is 0 Å². The van der Waals surface area contributed by atoms with Gasteiger partial charge in [-0.3, -0.25) is 4.68 Å². The first-order valence-corrected chi connectivity index (χ1v) is 5.37. The van der Waals surface area contributed by atoms with Crippen molar-refractivity contribution >= 4 is 0 Å². The lowest BCUT2D eigenvalue weighted by Gasteiger charge is -2.25. The molecule has 3 nitrogen and oxygen atoms in total. The summed E-state index contributed by atoms with van der Waals surface area (Å²) in [5.74, 6) is 0. The van der Waals surface area contributed by atoms with E-state index in [1.807, 2.05) is 23.1 Å². The van der Waals surface area contributed by atoms with Gasteiger partial charge in [-0.15, -0.1) is 0 Å². The van der Waals surface area contributed by atoms with Gasteiger partial charge in [-0.05, 0) is 24.3 Å². The SMILES string of the molecule is CC(C)(CNC1CC1)Cn1cccn1. The molecule has 0 radical (unpaired) electrons. The molecule has 0 saturated heterocycles. The van der Waals surface area contributed by atoms with E-state index < -0.39 is 0 Å². The molecule has 1 N–H and O–H groups in total. The molecule has 1 aliphatic rings. The minimum Gasteiger partial charge on any atom is -0.313 e. The molecule has 2 rings (SSSR count). The van der Waals surface area contributed by atoms with Crippen LogP contribution in [0, 0.1) is 5.41 Å². The second-order valence-electron chi connectivity index (χ2n) is 5.02. The maximum Gasteiger partial charge on any atom is 0.0489 e. The zero-order chi connectivity index (χ0) is 10.0. The highest BCUT2D eigenvalue weighted by Gasteiger charge is 2.25. The fourth-order valence-electron chi connectivity index (χ4n) is 1.60. The summed E-state index contributed by atoms with van der Waals surface area (Å²) >= 11 is 0. The third-order valence-corrected chi connectivity index (χ3v) is 2.60. The highest BCUT2D eigenvalue weighted by molar-refractivity contribution is 4.85. The zero-order valence-corrected chi connectivity index (χ0v) is 9.03. The second kappa shape index (κ2) is 3.73. The van der Waals surface area contributed by atoms with Gasteiger partial charge in [-0.2, -0.15) is 5.10 Å². The molecule has 3 heteroatoms. The number of hydrogen-bond acceptors (Lipinski definition) is 2. The van der Waals surface area contributed by atoms with Gasteiger partial charge < -0.3 is 5.32 Å². The molecule has 0 atom stereocenters. The monoisotopic (exact) mass is 193 g/mol. The van der Waals surface area contributed by atoms with Gasteiger partial charge in [0.1, 0.15) is 0 Å². The largest absolute Gasteiger partial charge is 0.313 e. The van der Waals surface area contributed by atoms with Crippen LogP contribution in [0.2, 0.25) is 0 Å². The molecule has 0 bridgehead atoms. The Morgan fingerprint density at radius 2 is 2.29 bits per heavy atom. The third-order valence-electron chi connectivity index (χ3n) is 2.60. The van der Waals surface area contributed by atoms with Gasteiger partial charge in [0.2, 0.25) is 0 Å². The summed E-state index contributed by atoms with van der Waals surface area (Å²) in [5.41, 5.74) is 0.286.